The van der Waals surface area contributed by atoms with Crippen molar-refractivity contribution < 1.29 is 9.90 Å². The molecule has 0 spiro atoms. The monoisotopic (exact) mass is 247 g/mol. The van der Waals surface area contributed by atoms with Gasteiger partial charge >= 0.3 is 5.97 Å². The predicted molar refractivity (Wildman–Crippen MR) is 71.8 cm³/mol. The van der Waals surface area contributed by atoms with Gasteiger partial charge in [-0.25, -0.2) is 0 Å². The molecule has 98 valence electrons. The van der Waals surface area contributed by atoms with Gasteiger partial charge in [0.05, 0.1) is 5.41 Å². The molecule has 1 aliphatic heterocycles. The number of hydrogen-bond acceptors (Lipinski definition) is 2. The van der Waals surface area contributed by atoms with Crippen molar-refractivity contribution in [3.8, 4) is 0 Å². The summed E-state index contributed by atoms with van der Waals surface area (Å²) in [5, 5.41) is 12.8. The molecule has 1 saturated heterocycles. The summed E-state index contributed by atoms with van der Waals surface area (Å²) < 4.78 is 0. The lowest BCUT2D eigenvalue weighted by molar-refractivity contribution is -0.150. The summed E-state index contributed by atoms with van der Waals surface area (Å²) in [5.74, 6) is -0.651. The minimum Gasteiger partial charge on any atom is -0.481 e. The molecule has 0 atom stereocenters. The third-order valence-corrected chi connectivity index (χ3v) is 4.13. The summed E-state index contributed by atoms with van der Waals surface area (Å²) in [6.45, 7) is 5.76. The molecule has 1 fully saturated rings. The van der Waals surface area contributed by atoms with Gasteiger partial charge in [0, 0.05) is 0 Å². The van der Waals surface area contributed by atoms with Crippen LogP contribution in [0.3, 0.4) is 0 Å². The number of aliphatic carboxylic acids is 1. The molecular formula is C15H21NO2. The molecule has 0 aliphatic carbocycles. The lowest BCUT2D eigenvalue weighted by Gasteiger charge is -2.33. The lowest BCUT2D eigenvalue weighted by Crippen LogP contribution is -2.43. The van der Waals surface area contributed by atoms with Gasteiger partial charge in [0.2, 0.25) is 0 Å². The highest BCUT2D eigenvalue weighted by Crippen LogP contribution is 2.33. The highest BCUT2D eigenvalue weighted by atomic mass is 16.4. The van der Waals surface area contributed by atoms with Crippen molar-refractivity contribution in [2.24, 2.45) is 5.41 Å². The number of carboxylic acids is 1. The quantitative estimate of drug-likeness (QED) is 0.861. The molecule has 0 bridgehead atoms. The third-order valence-electron chi connectivity index (χ3n) is 4.13. The van der Waals surface area contributed by atoms with Crippen molar-refractivity contribution >= 4 is 5.97 Å². The first-order valence-electron chi connectivity index (χ1n) is 6.54. The molecule has 0 radical (unpaired) electrons. The fourth-order valence-electron chi connectivity index (χ4n) is 2.68. The van der Waals surface area contributed by atoms with Gasteiger partial charge < -0.3 is 10.4 Å². The number of carboxylic acid groups (broad SMARTS) is 1. The molecule has 3 nitrogen and oxygen atoms in total. The predicted octanol–water partition coefficient (Wildman–Crippen LogP) is 2.30. The molecule has 0 amide bonds. The van der Waals surface area contributed by atoms with Crippen molar-refractivity contribution in [2.45, 2.75) is 33.1 Å². The van der Waals surface area contributed by atoms with Gasteiger partial charge in [0.25, 0.3) is 0 Å². The second-order valence-corrected chi connectivity index (χ2v) is 5.43. The summed E-state index contributed by atoms with van der Waals surface area (Å²) in [4.78, 5) is 11.6. The van der Waals surface area contributed by atoms with Gasteiger partial charge in [0.1, 0.15) is 0 Å². The highest BCUT2D eigenvalue weighted by Gasteiger charge is 2.39. The molecule has 18 heavy (non-hydrogen) atoms. The van der Waals surface area contributed by atoms with E-state index in [4.69, 9.17) is 0 Å². The van der Waals surface area contributed by atoms with E-state index in [0.717, 1.165) is 31.5 Å². The van der Waals surface area contributed by atoms with E-state index < -0.39 is 11.4 Å². The van der Waals surface area contributed by atoms with Crippen LogP contribution in [0.25, 0.3) is 0 Å². The van der Waals surface area contributed by atoms with E-state index in [1.54, 1.807) is 0 Å². The molecule has 0 saturated carbocycles. The van der Waals surface area contributed by atoms with Crippen molar-refractivity contribution in [2.75, 3.05) is 13.1 Å². The van der Waals surface area contributed by atoms with Crippen LogP contribution in [-0.4, -0.2) is 24.2 Å². The molecule has 0 unspecified atom stereocenters. The molecule has 3 heteroatoms. The number of nitrogens with one attached hydrogen (secondary N) is 1. The Balaban J connectivity index is 2.23. The first-order chi connectivity index (χ1) is 8.53. The number of carbonyl (C=O) groups is 1. The topological polar surface area (TPSA) is 49.3 Å². The van der Waals surface area contributed by atoms with Gasteiger partial charge in [-0.15, -0.1) is 0 Å². The van der Waals surface area contributed by atoms with Crippen LogP contribution >= 0.6 is 0 Å². The van der Waals surface area contributed by atoms with E-state index in [-0.39, 0.29) is 0 Å². The molecule has 1 heterocycles. The Labute approximate surface area is 108 Å². The molecule has 1 aromatic carbocycles. The van der Waals surface area contributed by atoms with Gasteiger partial charge in [-0.05, 0) is 62.9 Å². The average Bonchev–Trinajstić information content (AvgIpc) is 2.35. The minimum absolute atomic E-state index is 0.576. The maximum atomic E-state index is 11.6. The van der Waals surface area contributed by atoms with Crippen LogP contribution in [0, 0.1) is 19.3 Å². The van der Waals surface area contributed by atoms with E-state index in [2.05, 4.69) is 37.4 Å². The SMILES string of the molecule is Cc1ccc(CC2(C(=O)O)CCNCC2)cc1C. The van der Waals surface area contributed by atoms with Crippen LogP contribution in [-0.2, 0) is 11.2 Å². The van der Waals surface area contributed by atoms with Gasteiger partial charge in [-0.1, -0.05) is 18.2 Å². The van der Waals surface area contributed by atoms with Crippen molar-refractivity contribution in [3.63, 3.8) is 0 Å². The Morgan fingerprint density at radius 2 is 1.94 bits per heavy atom. The van der Waals surface area contributed by atoms with E-state index in [0.29, 0.717) is 6.42 Å². The Bertz CT molecular complexity index is 448. The van der Waals surface area contributed by atoms with Crippen LogP contribution in [0.2, 0.25) is 0 Å². The number of hydrogen-bond donors (Lipinski definition) is 2. The standard InChI is InChI=1S/C15H21NO2/c1-11-3-4-13(9-12(11)2)10-15(14(17)18)5-7-16-8-6-15/h3-4,9,16H,5-8,10H2,1-2H3,(H,17,18). The molecule has 0 aromatic heterocycles. The third kappa shape index (κ3) is 2.56. The van der Waals surface area contributed by atoms with E-state index in [9.17, 15) is 9.90 Å². The van der Waals surface area contributed by atoms with Crippen LogP contribution in [0.15, 0.2) is 18.2 Å². The summed E-state index contributed by atoms with van der Waals surface area (Å²) in [5.41, 5.74) is 3.06. The van der Waals surface area contributed by atoms with Crippen molar-refractivity contribution in [3.05, 3.63) is 34.9 Å². The smallest absolute Gasteiger partial charge is 0.310 e. The Morgan fingerprint density at radius 3 is 2.50 bits per heavy atom. The van der Waals surface area contributed by atoms with Crippen molar-refractivity contribution in [1.29, 1.82) is 0 Å². The Morgan fingerprint density at radius 1 is 1.28 bits per heavy atom. The van der Waals surface area contributed by atoms with Crippen molar-refractivity contribution in [1.82, 2.24) is 5.32 Å². The number of piperidine rings is 1. The fraction of sp³-hybridized carbons (Fsp3) is 0.533. The molecule has 2 rings (SSSR count). The lowest BCUT2D eigenvalue weighted by atomic mass is 9.74. The summed E-state index contributed by atoms with van der Waals surface area (Å²) in [6.07, 6.45) is 2.08. The van der Waals surface area contributed by atoms with E-state index in [1.165, 1.54) is 11.1 Å². The fourth-order valence-corrected chi connectivity index (χ4v) is 2.68. The summed E-state index contributed by atoms with van der Waals surface area (Å²) in [7, 11) is 0. The van der Waals surface area contributed by atoms with Crippen LogP contribution < -0.4 is 5.32 Å². The second kappa shape index (κ2) is 5.11. The molecular weight excluding hydrogens is 226 g/mol. The second-order valence-electron chi connectivity index (χ2n) is 5.43. The average molecular weight is 247 g/mol. The first kappa shape index (κ1) is 13.1. The van der Waals surface area contributed by atoms with Gasteiger partial charge in [-0.2, -0.15) is 0 Å². The molecule has 1 aliphatic rings. The van der Waals surface area contributed by atoms with Crippen LogP contribution in [0.5, 0.6) is 0 Å². The number of aryl methyl sites for hydroxylation is 2. The zero-order valence-corrected chi connectivity index (χ0v) is 11.1. The zero-order chi connectivity index (χ0) is 13.2. The largest absolute Gasteiger partial charge is 0.481 e. The van der Waals surface area contributed by atoms with Crippen LogP contribution in [0.4, 0.5) is 0 Å². The molecule has 1 aromatic rings. The summed E-state index contributed by atoms with van der Waals surface area (Å²) in [6, 6.07) is 6.28. The van der Waals surface area contributed by atoms with Crippen LogP contribution in [0.1, 0.15) is 29.5 Å². The number of benzene rings is 1. The van der Waals surface area contributed by atoms with Gasteiger partial charge in [0.15, 0.2) is 0 Å². The van der Waals surface area contributed by atoms with E-state index in [1.807, 2.05) is 0 Å². The number of rotatable bonds is 3. The normalized spacial score (nSPS) is 18.6. The summed E-state index contributed by atoms with van der Waals surface area (Å²) >= 11 is 0. The highest BCUT2D eigenvalue weighted by molar-refractivity contribution is 5.75. The molecule has 2 N–H and O–H groups in total. The van der Waals surface area contributed by atoms with Gasteiger partial charge in [-0.3, -0.25) is 4.79 Å². The van der Waals surface area contributed by atoms with E-state index >= 15 is 0 Å². The Hall–Kier alpha value is -1.35. The maximum Gasteiger partial charge on any atom is 0.310 e. The minimum atomic E-state index is -0.651. The zero-order valence-electron chi connectivity index (χ0n) is 11.1. The Kier molecular flexibility index (Phi) is 3.71. The first-order valence-corrected chi connectivity index (χ1v) is 6.54. The maximum absolute atomic E-state index is 11.6.